The van der Waals surface area contributed by atoms with Crippen molar-refractivity contribution in [1.29, 1.82) is 0 Å². The number of nitrogens with one attached hydrogen (secondary N) is 1. The maximum atomic E-state index is 6.02. The highest BCUT2D eigenvalue weighted by molar-refractivity contribution is 5.28. The first-order chi connectivity index (χ1) is 12.8. The van der Waals surface area contributed by atoms with E-state index in [1.54, 1.807) is 0 Å². The molecule has 0 bridgehead atoms. The zero-order valence-electron chi connectivity index (χ0n) is 15.9. The van der Waals surface area contributed by atoms with Crippen molar-refractivity contribution in [1.82, 2.24) is 15.1 Å². The van der Waals surface area contributed by atoms with Crippen LogP contribution in [0.4, 0.5) is 0 Å². The lowest BCUT2D eigenvalue weighted by molar-refractivity contribution is 0.0322. The second kappa shape index (κ2) is 8.70. The first kappa shape index (κ1) is 18.2. The smallest absolute Gasteiger partial charge is 0.119 e. The molecule has 3 saturated heterocycles. The summed E-state index contributed by atoms with van der Waals surface area (Å²) in [6, 6.07) is 8.69. The van der Waals surface area contributed by atoms with Gasteiger partial charge in [0.05, 0.1) is 13.2 Å². The molecule has 1 spiro atoms. The van der Waals surface area contributed by atoms with Gasteiger partial charge in [-0.2, -0.15) is 0 Å². The summed E-state index contributed by atoms with van der Waals surface area (Å²) in [5, 5.41) is 3.57. The summed E-state index contributed by atoms with van der Waals surface area (Å²) in [6.45, 7) is 11.4. The predicted molar refractivity (Wildman–Crippen MR) is 104 cm³/mol. The van der Waals surface area contributed by atoms with Gasteiger partial charge in [-0.3, -0.25) is 9.80 Å². The lowest BCUT2D eigenvalue weighted by Crippen LogP contribution is -2.43. The minimum Gasteiger partial charge on any atom is -0.492 e. The molecule has 0 aliphatic carbocycles. The summed E-state index contributed by atoms with van der Waals surface area (Å²) < 4.78 is 11.4. The molecule has 3 aliphatic rings. The van der Waals surface area contributed by atoms with Crippen LogP contribution in [0.2, 0.25) is 0 Å². The first-order valence-corrected chi connectivity index (χ1v) is 10.3. The second-order valence-corrected chi connectivity index (χ2v) is 8.19. The second-order valence-electron chi connectivity index (χ2n) is 8.19. The highest BCUT2D eigenvalue weighted by Gasteiger charge is 2.37. The van der Waals surface area contributed by atoms with Crippen LogP contribution in [0.1, 0.15) is 24.8 Å². The van der Waals surface area contributed by atoms with Gasteiger partial charge in [-0.05, 0) is 55.5 Å². The van der Waals surface area contributed by atoms with Crippen LogP contribution in [0.5, 0.6) is 5.75 Å². The van der Waals surface area contributed by atoms with Crippen LogP contribution >= 0.6 is 0 Å². The molecular formula is C21H33N3O2. The van der Waals surface area contributed by atoms with Gasteiger partial charge in [0, 0.05) is 39.3 Å². The van der Waals surface area contributed by atoms with E-state index < -0.39 is 0 Å². The number of rotatable bonds is 6. The predicted octanol–water partition coefficient (Wildman–Crippen LogP) is 1.97. The molecule has 3 aliphatic heterocycles. The summed E-state index contributed by atoms with van der Waals surface area (Å²) in [4.78, 5) is 5.06. The zero-order valence-corrected chi connectivity index (χ0v) is 15.9. The van der Waals surface area contributed by atoms with Gasteiger partial charge in [0.15, 0.2) is 0 Å². The molecule has 0 saturated carbocycles. The number of piperidine rings is 1. The van der Waals surface area contributed by atoms with Gasteiger partial charge < -0.3 is 14.8 Å². The molecule has 3 heterocycles. The minimum absolute atomic E-state index is 0.532. The molecule has 3 fully saturated rings. The summed E-state index contributed by atoms with van der Waals surface area (Å²) in [6.07, 6.45) is 4.06. The van der Waals surface area contributed by atoms with E-state index in [1.807, 2.05) is 0 Å². The minimum atomic E-state index is 0.532. The number of benzene rings is 1. The Morgan fingerprint density at radius 1 is 1.12 bits per heavy atom. The third kappa shape index (κ3) is 4.77. The normalized spacial score (nSPS) is 27.8. The fraction of sp³-hybridized carbons (Fsp3) is 0.714. The summed E-state index contributed by atoms with van der Waals surface area (Å²) in [7, 11) is 0. The molecule has 144 valence electrons. The molecule has 0 amide bonds. The third-order valence-corrected chi connectivity index (χ3v) is 6.16. The van der Waals surface area contributed by atoms with E-state index in [0.29, 0.717) is 5.41 Å². The van der Waals surface area contributed by atoms with Crippen LogP contribution in [-0.4, -0.2) is 75.4 Å². The van der Waals surface area contributed by atoms with Gasteiger partial charge in [-0.25, -0.2) is 0 Å². The number of morpholine rings is 1. The average Bonchev–Trinajstić information content (AvgIpc) is 3.10. The van der Waals surface area contributed by atoms with Gasteiger partial charge in [0.25, 0.3) is 0 Å². The van der Waals surface area contributed by atoms with Crippen LogP contribution in [-0.2, 0) is 11.3 Å². The van der Waals surface area contributed by atoms with Crippen molar-refractivity contribution < 1.29 is 9.47 Å². The molecule has 1 aromatic rings. The Balaban J connectivity index is 1.27. The van der Waals surface area contributed by atoms with E-state index in [2.05, 4.69) is 39.4 Å². The Hall–Kier alpha value is -1.14. The molecule has 1 atom stereocenters. The molecule has 5 nitrogen and oxygen atoms in total. The van der Waals surface area contributed by atoms with Crippen LogP contribution < -0.4 is 10.1 Å². The van der Waals surface area contributed by atoms with E-state index in [-0.39, 0.29) is 0 Å². The van der Waals surface area contributed by atoms with E-state index in [0.717, 1.165) is 51.7 Å². The van der Waals surface area contributed by atoms with Crippen LogP contribution in [0.25, 0.3) is 0 Å². The Bertz CT molecular complexity index is 568. The highest BCUT2D eigenvalue weighted by atomic mass is 16.5. The van der Waals surface area contributed by atoms with Crippen molar-refractivity contribution >= 4 is 0 Å². The van der Waals surface area contributed by atoms with Gasteiger partial charge in [0.2, 0.25) is 0 Å². The monoisotopic (exact) mass is 359 g/mol. The molecule has 0 aromatic heterocycles. The number of nitrogens with zero attached hydrogens (tertiary/aromatic N) is 2. The molecule has 0 unspecified atom stereocenters. The summed E-state index contributed by atoms with van der Waals surface area (Å²) in [5.41, 5.74) is 1.90. The molecule has 1 aromatic carbocycles. The third-order valence-electron chi connectivity index (χ3n) is 6.16. The molecule has 0 radical (unpaired) electrons. The lowest BCUT2D eigenvalue weighted by Gasteiger charge is -2.40. The number of ether oxygens (including phenoxy) is 2. The van der Waals surface area contributed by atoms with Gasteiger partial charge in [-0.15, -0.1) is 0 Å². The molecule has 1 N–H and O–H groups in total. The van der Waals surface area contributed by atoms with Gasteiger partial charge in [-0.1, -0.05) is 12.1 Å². The topological polar surface area (TPSA) is 37.0 Å². The Morgan fingerprint density at radius 3 is 2.88 bits per heavy atom. The summed E-state index contributed by atoms with van der Waals surface area (Å²) in [5.74, 6) is 1.00. The van der Waals surface area contributed by atoms with E-state index >= 15 is 0 Å². The van der Waals surface area contributed by atoms with Crippen LogP contribution in [0.15, 0.2) is 24.3 Å². The van der Waals surface area contributed by atoms with E-state index in [4.69, 9.17) is 9.47 Å². The number of hydrogen-bond donors (Lipinski definition) is 1. The SMILES string of the molecule is c1cc(CN2CCC[C@@]3(CCNC3)C2)cc(OCCN2CCOCC2)c1. The van der Waals surface area contributed by atoms with Gasteiger partial charge >= 0.3 is 0 Å². The fourth-order valence-corrected chi connectivity index (χ4v) is 4.70. The standard InChI is InChI=1S/C21H33N3O2/c1-3-19(16-24-8-2-5-21(18-24)6-7-22-17-21)15-20(4-1)26-14-11-23-9-12-25-13-10-23/h1,3-4,15,22H,2,5-14,16-18H2/t21-/m0/s1. The highest BCUT2D eigenvalue weighted by Crippen LogP contribution is 2.36. The van der Waals surface area contributed by atoms with Crippen molar-refractivity contribution in [3.8, 4) is 5.75 Å². The fourth-order valence-electron chi connectivity index (χ4n) is 4.70. The number of likely N-dealkylation sites (tertiary alicyclic amines) is 1. The Labute approximate surface area is 157 Å². The van der Waals surface area contributed by atoms with Crippen molar-refractivity contribution in [3.63, 3.8) is 0 Å². The lowest BCUT2D eigenvalue weighted by atomic mass is 9.79. The first-order valence-electron chi connectivity index (χ1n) is 10.3. The molecule has 26 heavy (non-hydrogen) atoms. The average molecular weight is 360 g/mol. The van der Waals surface area contributed by atoms with Gasteiger partial charge in [0.1, 0.15) is 12.4 Å². The zero-order chi connectivity index (χ0) is 17.7. The maximum Gasteiger partial charge on any atom is 0.119 e. The largest absolute Gasteiger partial charge is 0.492 e. The maximum absolute atomic E-state index is 6.02. The van der Waals surface area contributed by atoms with Crippen molar-refractivity contribution in [2.75, 3.05) is 65.6 Å². The van der Waals surface area contributed by atoms with E-state index in [9.17, 15) is 0 Å². The van der Waals surface area contributed by atoms with E-state index in [1.165, 1.54) is 51.0 Å². The van der Waals surface area contributed by atoms with Crippen LogP contribution in [0, 0.1) is 5.41 Å². The van der Waals surface area contributed by atoms with Crippen molar-refractivity contribution in [2.24, 2.45) is 5.41 Å². The van der Waals surface area contributed by atoms with Crippen LogP contribution in [0.3, 0.4) is 0 Å². The van der Waals surface area contributed by atoms with Crippen molar-refractivity contribution in [2.45, 2.75) is 25.8 Å². The molecule has 4 rings (SSSR count). The molecular weight excluding hydrogens is 326 g/mol. The Morgan fingerprint density at radius 2 is 2.04 bits per heavy atom. The number of hydrogen-bond acceptors (Lipinski definition) is 5. The quantitative estimate of drug-likeness (QED) is 0.841. The summed E-state index contributed by atoms with van der Waals surface area (Å²) >= 11 is 0. The van der Waals surface area contributed by atoms with Crippen molar-refractivity contribution in [3.05, 3.63) is 29.8 Å². The Kier molecular flexibility index (Phi) is 6.10. The molecule has 5 heteroatoms.